The molecule has 6 heteroatoms. The monoisotopic (exact) mass is 357 g/mol. The SMILES string of the molecule is CC(C)N1CCN(CC#CCOC2CCN(c3ncccn3)CC2)CC1. The van der Waals surface area contributed by atoms with E-state index in [4.69, 9.17) is 4.74 Å². The van der Waals surface area contributed by atoms with Crippen LogP contribution in [0.2, 0.25) is 0 Å². The minimum Gasteiger partial charge on any atom is -0.365 e. The predicted molar refractivity (Wildman–Crippen MR) is 104 cm³/mol. The van der Waals surface area contributed by atoms with Crippen molar-refractivity contribution in [3.05, 3.63) is 18.5 Å². The summed E-state index contributed by atoms with van der Waals surface area (Å²) >= 11 is 0. The van der Waals surface area contributed by atoms with Gasteiger partial charge in [0.25, 0.3) is 0 Å². The van der Waals surface area contributed by atoms with Crippen molar-refractivity contribution in [2.75, 3.05) is 57.3 Å². The molecule has 6 nitrogen and oxygen atoms in total. The van der Waals surface area contributed by atoms with Gasteiger partial charge in [0.15, 0.2) is 0 Å². The first-order valence-electron chi connectivity index (χ1n) is 9.78. The molecule has 0 radical (unpaired) electrons. The fourth-order valence-electron chi connectivity index (χ4n) is 3.49. The Balaban J connectivity index is 1.29. The van der Waals surface area contributed by atoms with Gasteiger partial charge in [-0.3, -0.25) is 9.80 Å². The largest absolute Gasteiger partial charge is 0.365 e. The quantitative estimate of drug-likeness (QED) is 0.744. The molecule has 0 atom stereocenters. The van der Waals surface area contributed by atoms with Gasteiger partial charge in [0, 0.05) is 57.7 Å². The summed E-state index contributed by atoms with van der Waals surface area (Å²) < 4.78 is 5.94. The van der Waals surface area contributed by atoms with Crippen molar-refractivity contribution in [1.29, 1.82) is 0 Å². The zero-order chi connectivity index (χ0) is 18.2. The molecule has 0 amide bonds. The molecule has 2 aliphatic heterocycles. The second-order valence-electron chi connectivity index (χ2n) is 7.31. The Hall–Kier alpha value is -1.68. The van der Waals surface area contributed by atoms with Crippen LogP contribution in [0.5, 0.6) is 0 Å². The molecule has 142 valence electrons. The molecule has 0 aliphatic carbocycles. The van der Waals surface area contributed by atoms with Gasteiger partial charge in [-0.25, -0.2) is 9.97 Å². The summed E-state index contributed by atoms with van der Waals surface area (Å²) in [6.45, 7) is 12.4. The van der Waals surface area contributed by atoms with Gasteiger partial charge in [0.1, 0.15) is 6.61 Å². The van der Waals surface area contributed by atoms with Crippen LogP contribution in [0.25, 0.3) is 0 Å². The number of nitrogens with zero attached hydrogens (tertiary/aromatic N) is 5. The van der Waals surface area contributed by atoms with E-state index in [1.807, 2.05) is 6.07 Å². The lowest BCUT2D eigenvalue weighted by Gasteiger charge is -2.36. The molecule has 3 heterocycles. The maximum absolute atomic E-state index is 5.94. The second kappa shape index (κ2) is 9.86. The van der Waals surface area contributed by atoms with Crippen LogP contribution in [0.4, 0.5) is 5.95 Å². The zero-order valence-corrected chi connectivity index (χ0v) is 16.1. The molecule has 0 N–H and O–H groups in total. The summed E-state index contributed by atoms with van der Waals surface area (Å²) in [6, 6.07) is 2.50. The van der Waals surface area contributed by atoms with E-state index in [0.717, 1.165) is 64.6 Å². The number of aromatic nitrogens is 2. The number of hydrogen-bond acceptors (Lipinski definition) is 6. The van der Waals surface area contributed by atoms with Crippen molar-refractivity contribution in [2.45, 2.75) is 38.8 Å². The van der Waals surface area contributed by atoms with Crippen LogP contribution in [0.3, 0.4) is 0 Å². The molecule has 0 aromatic carbocycles. The molecule has 1 aromatic heterocycles. The first-order valence-corrected chi connectivity index (χ1v) is 9.78. The third-order valence-electron chi connectivity index (χ3n) is 5.23. The Labute approximate surface area is 157 Å². The number of piperidine rings is 1. The van der Waals surface area contributed by atoms with Gasteiger partial charge in [-0.2, -0.15) is 0 Å². The topological polar surface area (TPSA) is 44.7 Å². The number of anilines is 1. The van der Waals surface area contributed by atoms with Gasteiger partial charge in [-0.15, -0.1) is 0 Å². The fourth-order valence-corrected chi connectivity index (χ4v) is 3.49. The molecule has 0 saturated carbocycles. The van der Waals surface area contributed by atoms with E-state index >= 15 is 0 Å². The van der Waals surface area contributed by atoms with E-state index in [1.165, 1.54) is 0 Å². The molecule has 1 aromatic rings. The van der Waals surface area contributed by atoms with E-state index in [1.54, 1.807) is 12.4 Å². The molecule has 0 unspecified atom stereocenters. The Kier molecular flexibility index (Phi) is 7.24. The normalized spacial score (nSPS) is 20.2. The second-order valence-corrected chi connectivity index (χ2v) is 7.31. The minimum absolute atomic E-state index is 0.304. The van der Waals surface area contributed by atoms with Crippen molar-refractivity contribution in [3.8, 4) is 11.8 Å². The summed E-state index contributed by atoms with van der Waals surface area (Å²) in [5, 5.41) is 0. The van der Waals surface area contributed by atoms with Crippen LogP contribution < -0.4 is 4.90 Å². The van der Waals surface area contributed by atoms with Gasteiger partial charge in [0.2, 0.25) is 5.95 Å². The van der Waals surface area contributed by atoms with Gasteiger partial charge < -0.3 is 9.64 Å². The lowest BCUT2D eigenvalue weighted by molar-refractivity contribution is 0.0592. The van der Waals surface area contributed by atoms with Crippen molar-refractivity contribution in [3.63, 3.8) is 0 Å². The highest BCUT2D eigenvalue weighted by molar-refractivity contribution is 5.28. The van der Waals surface area contributed by atoms with Crippen LogP contribution in [0.15, 0.2) is 18.5 Å². The minimum atomic E-state index is 0.304. The van der Waals surface area contributed by atoms with E-state index < -0.39 is 0 Å². The number of piperazine rings is 1. The molecule has 3 rings (SSSR count). The van der Waals surface area contributed by atoms with Crippen LogP contribution in [0.1, 0.15) is 26.7 Å². The van der Waals surface area contributed by atoms with Crippen LogP contribution >= 0.6 is 0 Å². The standard InChI is InChI=1S/C20H31N5O/c1-18(2)24-15-13-23(14-16-24)10-3-4-17-26-19-6-11-25(12-7-19)20-21-8-5-9-22-20/h5,8-9,18-19H,6-7,10-17H2,1-2H3. The maximum Gasteiger partial charge on any atom is 0.225 e. The highest BCUT2D eigenvalue weighted by Gasteiger charge is 2.21. The molecule has 2 saturated heterocycles. The Morgan fingerprint density at radius 2 is 1.73 bits per heavy atom. The van der Waals surface area contributed by atoms with E-state index in [9.17, 15) is 0 Å². The maximum atomic E-state index is 5.94. The molecule has 2 aliphatic rings. The highest BCUT2D eigenvalue weighted by atomic mass is 16.5. The molecular weight excluding hydrogens is 326 g/mol. The number of hydrogen-bond donors (Lipinski definition) is 0. The zero-order valence-electron chi connectivity index (χ0n) is 16.1. The van der Waals surface area contributed by atoms with Gasteiger partial charge in [-0.1, -0.05) is 11.8 Å². The van der Waals surface area contributed by atoms with Crippen molar-refractivity contribution in [2.24, 2.45) is 0 Å². The molecule has 26 heavy (non-hydrogen) atoms. The van der Waals surface area contributed by atoms with Gasteiger partial charge >= 0.3 is 0 Å². The van der Waals surface area contributed by atoms with Gasteiger partial charge in [-0.05, 0) is 32.8 Å². The van der Waals surface area contributed by atoms with Crippen LogP contribution in [-0.4, -0.2) is 84.3 Å². The van der Waals surface area contributed by atoms with E-state index in [2.05, 4.69) is 50.4 Å². The fraction of sp³-hybridized carbons (Fsp3) is 0.700. The van der Waals surface area contributed by atoms with Crippen LogP contribution in [0, 0.1) is 11.8 Å². The van der Waals surface area contributed by atoms with Crippen molar-refractivity contribution < 1.29 is 4.74 Å². The molecule has 0 spiro atoms. The molecule has 0 bridgehead atoms. The van der Waals surface area contributed by atoms with E-state index in [-0.39, 0.29) is 0 Å². The van der Waals surface area contributed by atoms with E-state index in [0.29, 0.717) is 18.8 Å². The van der Waals surface area contributed by atoms with Crippen molar-refractivity contribution >= 4 is 5.95 Å². The number of ether oxygens (including phenoxy) is 1. The number of rotatable bonds is 5. The van der Waals surface area contributed by atoms with Gasteiger partial charge in [0.05, 0.1) is 12.6 Å². The first-order chi connectivity index (χ1) is 12.7. The Morgan fingerprint density at radius 3 is 2.38 bits per heavy atom. The third kappa shape index (κ3) is 5.66. The summed E-state index contributed by atoms with van der Waals surface area (Å²) in [6.07, 6.45) is 5.92. The average molecular weight is 358 g/mol. The van der Waals surface area contributed by atoms with Crippen LogP contribution in [-0.2, 0) is 4.74 Å². The lowest BCUT2D eigenvalue weighted by atomic mass is 10.1. The smallest absolute Gasteiger partial charge is 0.225 e. The first kappa shape index (κ1) is 19.1. The summed E-state index contributed by atoms with van der Waals surface area (Å²) in [4.78, 5) is 15.8. The summed E-state index contributed by atoms with van der Waals surface area (Å²) in [7, 11) is 0. The Bertz CT molecular complexity index is 581. The summed E-state index contributed by atoms with van der Waals surface area (Å²) in [5.74, 6) is 7.29. The Morgan fingerprint density at radius 1 is 1.04 bits per heavy atom. The van der Waals surface area contributed by atoms with Crippen molar-refractivity contribution in [1.82, 2.24) is 19.8 Å². The predicted octanol–water partition coefficient (Wildman–Crippen LogP) is 1.49. The summed E-state index contributed by atoms with van der Waals surface area (Å²) in [5.41, 5.74) is 0. The lowest BCUT2D eigenvalue weighted by Crippen LogP contribution is -2.48. The highest BCUT2D eigenvalue weighted by Crippen LogP contribution is 2.17. The average Bonchev–Trinajstić information content (AvgIpc) is 2.69. The third-order valence-corrected chi connectivity index (χ3v) is 5.23. The molecule has 2 fully saturated rings. The molecular formula is C20H31N5O.